The van der Waals surface area contributed by atoms with E-state index in [1.165, 1.54) is 12.8 Å². The standard InChI is InChI=1S/C8H17NOS/c1-9-8(5-10,6-11-2)7-3-4-7/h7,9-10H,3-6H2,1-2H3. The molecule has 0 aromatic heterocycles. The molecule has 1 fully saturated rings. The summed E-state index contributed by atoms with van der Waals surface area (Å²) < 4.78 is 0. The average molecular weight is 175 g/mol. The zero-order chi connectivity index (χ0) is 8.32. The summed E-state index contributed by atoms with van der Waals surface area (Å²) in [6.07, 6.45) is 4.65. The summed E-state index contributed by atoms with van der Waals surface area (Å²) in [7, 11) is 1.95. The zero-order valence-corrected chi connectivity index (χ0v) is 8.08. The van der Waals surface area contributed by atoms with Gasteiger partial charge in [-0.05, 0) is 32.1 Å². The molecule has 1 unspecified atom stereocenters. The Morgan fingerprint density at radius 1 is 1.64 bits per heavy atom. The number of thioether (sulfide) groups is 1. The van der Waals surface area contributed by atoms with E-state index in [-0.39, 0.29) is 12.1 Å². The van der Waals surface area contributed by atoms with E-state index in [9.17, 15) is 5.11 Å². The largest absolute Gasteiger partial charge is 0.394 e. The molecule has 2 nitrogen and oxygen atoms in total. The van der Waals surface area contributed by atoms with Crippen LogP contribution in [0.4, 0.5) is 0 Å². The van der Waals surface area contributed by atoms with E-state index in [1.54, 1.807) is 11.8 Å². The molecule has 11 heavy (non-hydrogen) atoms. The van der Waals surface area contributed by atoms with Crippen molar-refractivity contribution in [3.8, 4) is 0 Å². The van der Waals surface area contributed by atoms with Gasteiger partial charge in [0, 0.05) is 5.75 Å². The van der Waals surface area contributed by atoms with E-state index in [0.717, 1.165) is 5.75 Å². The van der Waals surface area contributed by atoms with Crippen molar-refractivity contribution >= 4 is 11.8 Å². The maximum absolute atomic E-state index is 9.24. The van der Waals surface area contributed by atoms with E-state index in [4.69, 9.17) is 0 Å². The number of hydrogen-bond donors (Lipinski definition) is 2. The predicted molar refractivity (Wildman–Crippen MR) is 50.0 cm³/mol. The molecule has 0 aromatic rings. The lowest BCUT2D eigenvalue weighted by molar-refractivity contribution is 0.167. The normalized spacial score (nSPS) is 23.2. The minimum absolute atomic E-state index is 0.0133. The number of nitrogens with one attached hydrogen (secondary N) is 1. The first-order valence-electron chi connectivity index (χ1n) is 4.08. The van der Waals surface area contributed by atoms with Crippen molar-refractivity contribution in [3.63, 3.8) is 0 Å². The molecule has 0 bridgehead atoms. The molecule has 0 saturated heterocycles. The molecule has 66 valence electrons. The quantitative estimate of drug-likeness (QED) is 0.645. The Bertz CT molecular complexity index is 121. The summed E-state index contributed by atoms with van der Waals surface area (Å²) in [6.45, 7) is 0.273. The first-order valence-corrected chi connectivity index (χ1v) is 5.47. The van der Waals surface area contributed by atoms with Crippen LogP contribution in [0.1, 0.15) is 12.8 Å². The molecular formula is C8H17NOS. The van der Waals surface area contributed by atoms with Crippen LogP contribution in [0.15, 0.2) is 0 Å². The van der Waals surface area contributed by atoms with Crippen LogP contribution in [0.2, 0.25) is 0 Å². The highest BCUT2D eigenvalue weighted by molar-refractivity contribution is 7.98. The van der Waals surface area contributed by atoms with Crippen molar-refractivity contribution in [2.75, 3.05) is 25.7 Å². The summed E-state index contributed by atoms with van der Waals surface area (Å²) >= 11 is 1.80. The Hall–Kier alpha value is 0.270. The molecule has 1 aliphatic carbocycles. The van der Waals surface area contributed by atoms with E-state index in [0.29, 0.717) is 5.92 Å². The fraction of sp³-hybridized carbons (Fsp3) is 1.00. The highest BCUT2D eigenvalue weighted by Crippen LogP contribution is 2.40. The number of aliphatic hydroxyl groups excluding tert-OH is 1. The molecule has 0 radical (unpaired) electrons. The van der Waals surface area contributed by atoms with Gasteiger partial charge in [-0.25, -0.2) is 0 Å². The minimum Gasteiger partial charge on any atom is -0.394 e. The second kappa shape index (κ2) is 3.78. The number of rotatable bonds is 5. The summed E-state index contributed by atoms with van der Waals surface area (Å²) in [6, 6.07) is 0. The molecule has 0 amide bonds. The minimum atomic E-state index is 0.0133. The highest BCUT2D eigenvalue weighted by Gasteiger charge is 2.43. The molecule has 1 atom stereocenters. The molecule has 0 aromatic carbocycles. The average Bonchev–Trinajstić information content (AvgIpc) is 2.83. The second-order valence-electron chi connectivity index (χ2n) is 3.27. The molecule has 0 heterocycles. The van der Waals surface area contributed by atoms with Crippen molar-refractivity contribution in [1.82, 2.24) is 5.32 Å². The van der Waals surface area contributed by atoms with Gasteiger partial charge in [-0.2, -0.15) is 11.8 Å². The van der Waals surface area contributed by atoms with Crippen LogP contribution in [0.25, 0.3) is 0 Å². The van der Waals surface area contributed by atoms with Crippen molar-refractivity contribution < 1.29 is 5.11 Å². The van der Waals surface area contributed by atoms with E-state index < -0.39 is 0 Å². The summed E-state index contributed by atoms with van der Waals surface area (Å²) in [5, 5.41) is 12.5. The van der Waals surface area contributed by atoms with Gasteiger partial charge in [0.25, 0.3) is 0 Å². The van der Waals surface area contributed by atoms with Crippen LogP contribution >= 0.6 is 11.8 Å². The van der Waals surface area contributed by atoms with E-state index in [1.807, 2.05) is 7.05 Å². The van der Waals surface area contributed by atoms with Gasteiger partial charge >= 0.3 is 0 Å². The van der Waals surface area contributed by atoms with Crippen LogP contribution in [0, 0.1) is 5.92 Å². The zero-order valence-electron chi connectivity index (χ0n) is 7.26. The molecule has 1 aliphatic rings. The summed E-state index contributed by atoms with van der Waals surface area (Å²) in [5.41, 5.74) is 0.0133. The molecule has 0 aliphatic heterocycles. The van der Waals surface area contributed by atoms with Crippen molar-refractivity contribution in [2.45, 2.75) is 18.4 Å². The maximum Gasteiger partial charge on any atom is 0.0624 e. The number of aliphatic hydroxyl groups is 1. The second-order valence-corrected chi connectivity index (χ2v) is 4.14. The van der Waals surface area contributed by atoms with Gasteiger partial charge in [0.2, 0.25) is 0 Å². The lowest BCUT2D eigenvalue weighted by Crippen LogP contribution is -2.51. The molecule has 3 heteroatoms. The van der Waals surface area contributed by atoms with Crippen LogP contribution in [0.5, 0.6) is 0 Å². The van der Waals surface area contributed by atoms with Gasteiger partial charge in [0.1, 0.15) is 0 Å². The summed E-state index contributed by atoms with van der Waals surface area (Å²) in [4.78, 5) is 0. The molecule has 2 N–H and O–H groups in total. The smallest absolute Gasteiger partial charge is 0.0624 e. The van der Waals surface area contributed by atoms with Crippen molar-refractivity contribution in [1.29, 1.82) is 0 Å². The van der Waals surface area contributed by atoms with Gasteiger partial charge in [-0.15, -0.1) is 0 Å². The van der Waals surface area contributed by atoms with Crippen LogP contribution in [-0.2, 0) is 0 Å². The predicted octanol–water partition coefficient (Wildman–Crippen LogP) is 0.710. The Kier molecular flexibility index (Phi) is 3.22. The third kappa shape index (κ3) is 1.89. The summed E-state index contributed by atoms with van der Waals surface area (Å²) in [5.74, 6) is 1.73. The molecule has 1 rings (SSSR count). The number of likely N-dealkylation sites (N-methyl/N-ethyl adjacent to an activating group) is 1. The lowest BCUT2D eigenvalue weighted by atomic mass is 9.97. The monoisotopic (exact) mass is 175 g/mol. The van der Waals surface area contributed by atoms with E-state index >= 15 is 0 Å². The van der Waals surface area contributed by atoms with Crippen LogP contribution < -0.4 is 5.32 Å². The topological polar surface area (TPSA) is 32.3 Å². The Morgan fingerprint density at radius 2 is 2.27 bits per heavy atom. The fourth-order valence-corrected chi connectivity index (χ4v) is 2.53. The fourth-order valence-electron chi connectivity index (χ4n) is 1.54. The number of hydrogen-bond acceptors (Lipinski definition) is 3. The molecule has 1 saturated carbocycles. The Labute approximate surface area is 72.8 Å². The third-order valence-corrected chi connectivity index (χ3v) is 3.34. The highest BCUT2D eigenvalue weighted by atomic mass is 32.2. The molecular weight excluding hydrogens is 158 g/mol. The van der Waals surface area contributed by atoms with Gasteiger partial charge in [-0.1, -0.05) is 0 Å². The van der Waals surface area contributed by atoms with Gasteiger partial charge in [-0.3, -0.25) is 0 Å². The lowest BCUT2D eigenvalue weighted by Gasteiger charge is -2.30. The Balaban J connectivity index is 2.50. The Morgan fingerprint density at radius 3 is 2.55 bits per heavy atom. The first kappa shape index (κ1) is 9.36. The van der Waals surface area contributed by atoms with Crippen LogP contribution in [0.3, 0.4) is 0 Å². The SMILES string of the molecule is CNC(CO)(CSC)C1CC1. The van der Waals surface area contributed by atoms with Crippen molar-refractivity contribution in [3.05, 3.63) is 0 Å². The van der Waals surface area contributed by atoms with E-state index in [2.05, 4.69) is 11.6 Å². The third-order valence-electron chi connectivity index (χ3n) is 2.54. The van der Waals surface area contributed by atoms with Gasteiger partial charge in [0.15, 0.2) is 0 Å². The molecule has 0 spiro atoms. The van der Waals surface area contributed by atoms with Gasteiger partial charge in [0.05, 0.1) is 12.1 Å². The van der Waals surface area contributed by atoms with Crippen LogP contribution in [-0.4, -0.2) is 36.3 Å². The van der Waals surface area contributed by atoms with Crippen molar-refractivity contribution in [2.24, 2.45) is 5.92 Å². The van der Waals surface area contributed by atoms with Gasteiger partial charge < -0.3 is 10.4 Å². The maximum atomic E-state index is 9.24. The first-order chi connectivity index (χ1) is 5.29.